The van der Waals surface area contributed by atoms with E-state index in [4.69, 9.17) is 4.42 Å². The van der Waals surface area contributed by atoms with Gasteiger partial charge >= 0.3 is 6.03 Å². The molecule has 2 amide bonds. The van der Waals surface area contributed by atoms with E-state index in [9.17, 15) is 4.79 Å². The molecule has 0 unspecified atom stereocenters. The van der Waals surface area contributed by atoms with Gasteiger partial charge in [-0.15, -0.1) is 0 Å². The number of likely N-dealkylation sites (tertiary alicyclic amines) is 1. The maximum atomic E-state index is 12.6. The number of amides is 2. The lowest BCUT2D eigenvalue weighted by molar-refractivity contribution is 0.126. The van der Waals surface area contributed by atoms with Crippen LogP contribution in [0, 0.1) is 5.92 Å². The molecule has 0 aromatic carbocycles. The molecule has 0 bridgehead atoms. The van der Waals surface area contributed by atoms with Gasteiger partial charge in [0, 0.05) is 19.1 Å². The molecule has 0 radical (unpaired) electrons. The molecule has 1 saturated heterocycles. The van der Waals surface area contributed by atoms with Crippen molar-refractivity contribution in [2.24, 2.45) is 5.92 Å². The Morgan fingerprint density at radius 1 is 1.37 bits per heavy atom. The van der Waals surface area contributed by atoms with Crippen LogP contribution in [0.2, 0.25) is 0 Å². The largest absolute Gasteiger partial charge is 0.467 e. The molecule has 1 aliphatic carbocycles. The number of hydrogen-bond acceptors (Lipinski definition) is 2. The highest BCUT2D eigenvalue weighted by atomic mass is 16.3. The van der Waals surface area contributed by atoms with Crippen molar-refractivity contribution in [1.82, 2.24) is 9.80 Å². The molecule has 2 fully saturated rings. The number of furan rings is 1. The van der Waals surface area contributed by atoms with Crippen LogP contribution in [0.1, 0.15) is 38.4 Å². The zero-order chi connectivity index (χ0) is 13.2. The molecule has 0 spiro atoms. The van der Waals surface area contributed by atoms with E-state index in [0.29, 0.717) is 12.6 Å². The van der Waals surface area contributed by atoms with Crippen molar-refractivity contribution in [1.29, 1.82) is 0 Å². The molecule has 0 atom stereocenters. The Kier molecular flexibility index (Phi) is 3.49. The zero-order valence-corrected chi connectivity index (χ0v) is 11.5. The lowest BCUT2D eigenvalue weighted by Crippen LogP contribution is -2.47. The van der Waals surface area contributed by atoms with Crippen LogP contribution in [-0.2, 0) is 6.54 Å². The Hall–Kier alpha value is -1.45. The third-order valence-electron chi connectivity index (χ3n) is 4.19. The average molecular weight is 262 g/mol. The molecule has 4 heteroatoms. The molecule has 2 aliphatic rings. The zero-order valence-electron chi connectivity index (χ0n) is 11.5. The summed E-state index contributed by atoms with van der Waals surface area (Å²) in [4.78, 5) is 16.6. The highest BCUT2D eigenvalue weighted by Crippen LogP contribution is 2.30. The summed E-state index contributed by atoms with van der Waals surface area (Å²) in [6.45, 7) is 4.69. The number of hydrogen-bond donors (Lipinski definition) is 0. The SMILES string of the molecule is CC1CCN(C(=O)N(Cc2ccco2)C2CC2)CC1. The molecule has 104 valence electrons. The topological polar surface area (TPSA) is 36.7 Å². The van der Waals surface area contributed by atoms with Gasteiger partial charge < -0.3 is 14.2 Å². The first-order valence-electron chi connectivity index (χ1n) is 7.32. The van der Waals surface area contributed by atoms with Gasteiger partial charge in [-0.3, -0.25) is 0 Å². The number of carbonyl (C=O) groups excluding carboxylic acids is 1. The van der Waals surface area contributed by atoms with Crippen LogP contribution in [0.4, 0.5) is 4.79 Å². The van der Waals surface area contributed by atoms with Crippen LogP contribution in [0.15, 0.2) is 22.8 Å². The lowest BCUT2D eigenvalue weighted by atomic mass is 9.99. The fourth-order valence-electron chi connectivity index (χ4n) is 2.69. The third-order valence-corrected chi connectivity index (χ3v) is 4.19. The van der Waals surface area contributed by atoms with Crippen LogP contribution in [0.3, 0.4) is 0 Å². The van der Waals surface area contributed by atoms with Crippen molar-refractivity contribution in [3.63, 3.8) is 0 Å². The molecule has 1 aromatic rings. The number of piperidine rings is 1. The molecule has 1 aliphatic heterocycles. The highest BCUT2D eigenvalue weighted by molar-refractivity contribution is 5.75. The van der Waals surface area contributed by atoms with Crippen LogP contribution in [0.5, 0.6) is 0 Å². The smallest absolute Gasteiger partial charge is 0.320 e. The Morgan fingerprint density at radius 3 is 2.68 bits per heavy atom. The summed E-state index contributed by atoms with van der Waals surface area (Å²) in [5.74, 6) is 1.63. The number of rotatable bonds is 3. The molecule has 2 heterocycles. The van der Waals surface area contributed by atoms with Gasteiger partial charge in [-0.05, 0) is 43.7 Å². The summed E-state index contributed by atoms with van der Waals surface area (Å²) >= 11 is 0. The first-order chi connectivity index (χ1) is 9.24. The maximum absolute atomic E-state index is 12.6. The second-order valence-electron chi connectivity index (χ2n) is 5.89. The van der Waals surface area contributed by atoms with Gasteiger partial charge in [-0.2, -0.15) is 0 Å². The molecular weight excluding hydrogens is 240 g/mol. The molecule has 19 heavy (non-hydrogen) atoms. The summed E-state index contributed by atoms with van der Waals surface area (Å²) in [5.41, 5.74) is 0. The fraction of sp³-hybridized carbons (Fsp3) is 0.667. The molecule has 1 saturated carbocycles. The van der Waals surface area contributed by atoms with Crippen LogP contribution in [-0.4, -0.2) is 35.0 Å². The van der Waals surface area contributed by atoms with E-state index in [-0.39, 0.29) is 6.03 Å². The molecule has 4 nitrogen and oxygen atoms in total. The van der Waals surface area contributed by atoms with Gasteiger partial charge in [0.2, 0.25) is 0 Å². The van der Waals surface area contributed by atoms with Crippen molar-refractivity contribution in [3.8, 4) is 0 Å². The summed E-state index contributed by atoms with van der Waals surface area (Å²) in [7, 11) is 0. The summed E-state index contributed by atoms with van der Waals surface area (Å²) < 4.78 is 5.38. The monoisotopic (exact) mass is 262 g/mol. The number of carbonyl (C=O) groups is 1. The highest BCUT2D eigenvalue weighted by Gasteiger charge is 2.36. The molecule has 0 N–H and O–H groups in total. The summed E-state index contributed by atoms with van der Waals surface area (Å²) in [6, 6.07) is 4.46. The van der Waals surface area contributed by atoms with Gasteiger partial charge in [0.1, 0.15) is 5.76 Å². The van der Waals surface area contributed by atoms with E-state index in [2.05, 4.69) is 6.92 Å². The Bertz CT molecular complexity index is 417. The first-order valence-corrected chi connectivity index (χ1v) is 7.32. The van der Waals surface area contributed by atoms with E-state index in [1.807, 2.05) is 21.9 Å². The number of urea groups is 1. The van der Waals surface area contributed by atoms with Crippen molar-refractivity contribution in [3.05, 3.63) is 24.2 Å². The fourth-order valence-corrected chi connectivity index (χ4v) is 2.69. The molecular formula is C15H22N2O2. The molecule has 3 rings (SSSR count). The van der Waals surface area contributed by atoms with E-state index in [1.54, 1.807) is 6.26 Å². The van der Waals surface area contributed by atoms with Gasteiger partial charge in [-0.1, -0.05) is 6.92 Å². The van der Waals surface area contributed by atoms with Gasteiger partial charge in [0.15, 0.2) is 0 Å². The van der Waals surface area contributed by atoms with Crippen molar-refractivity contribution in [2.45, 2.75) is 45.2 Å². The lowest BCUT2D eigenvalue weighted by Gasteiger charge is -2.34. The van der Waals surface area contributed by atoms with E-state index < -0.39 is 0 Å². The van der Waals surface area contributed by atoms with E-state index in [0.717, 1.165) is 50.5 Å². The van der Waals surface area contributed by atoms with Crippen molar-refractivity contribution in [2.75, 3.05) is 13.1 Å². The maximum Gasteiger partial charge on any atom is 0.320 e. The quantitative estimate of drug-likeness (QED) is 0.839. The van der Waals surface area contributed by atoms with Crippen LogP contribution in [0.25, 0.3) is 0 Å². The summed E-state index contributed by atoms with van der Waals surface area (Å²) in [5, 5.41) is 0. The predicted molar refractivity (Wildman–Crippen MR) is 72.6 cm³/mol. The predicted octanol–water partition coefficient (Wildman–Crippen LogP) is 3.10. The second-order valence-corrected chi connectivity index (χ2v) is 5.89. The Labute approximate surface area is 114 Å². The Morgan fingerprint density at radius 2 is 2.11 bits per heavy atom. The van der Waals surface area contributed by atoms with E-state index >= 15 is 0 Å². The standard InChI is InChI=1S/C15H22N2O2/c1-12-6-8-16(9-7-12)15(18)17(13-4-5-13)11-14-3-2-10-19-14/h2-3,10,12-13H,4-9,11H2,1H3. The van der Waals surface area contributed by atoms with Crippen molar-refractivity contribution >= 4 is 6.03 Å². The molecule has 1 aromatic heterocycles. The van der Waals surface area contributed by atoms with E-state index in [1.165, 1.54) is 0 Å². The first kappa shape index (κ1) is 12.6. The van der Waals surface area contributed by atoms with Gasteiger partial charge in [-0.25, -0.2) is 4.79 Å². The third kappa shape index (κ3) is 2.94. The van der Waals surface area contributed by atoms with Crippen LogP contribution < -0.4 is 0 Å². The van der Waals surface area contributed by atoms with Gasteiger partial charge in [0.05, 0.1) is 12.8 Å². The van der Waals surface area contributed by atoms with Gasteiger partial charge in [0.25, 0.3) is 0 Å². The minimum Gasteiger partial charge on any atom is -0.467 e. The van der Waals surface area contributed by atoms with Crippen LogP contribution >= 0.6 is 0 Å². The summed E-state index contributed by atoms with van der Waals surface area (Å²) in [6.07, 6.45) is 6.21. The van der Waals surface area contributed by atoms with Crippen molar-refractivity contribution < 1.29 is 9.21 Å². The average Bonchev–Trinajstić information content (AvgIpc) is 3.13. The second kappa shape index (κ2) is 5.27. The number of nitrogens with zero attached hydrogens (tertiary/aromatic N) is 2. The minimum atomic E-state index is 0.200. The normalized spacial score (nSPS) is 20.6. The minimum absolute atomic E-state index is 0.200. The Balaban J connectivity index is 1.64.